The number of benzene rings is 2. The van der Waals surface area contributed by atoms with Crippen LogP contribution in [0.25, 0.3) is 10.9 Å². The van der Waals surface area contributed by atoms with Gasteiger partial charge in [-0.2, -0.15) is 0 Å². The fourth-order valence-corrected chi connectivity index (χ4v) is 3.40. The van der Waals surface area contributed by atoms with Crippen LogP contribution in [-0.4, -0.2) is 23.2 Å². The molecule has 0 fully saturated rings. The molecule has 0 aliphatic carbocycles. The van der Waals surface area contributed by atoms with Crippen LogP contribution in [0.5, 0.6) is 0 Å². The first-order valence-electron chi connectivity index (χ1n) is 8.26. The van der Waals surface area contributed by atoms with Gasteiger partial charge >= 0.3 is 0 Å². The molecule has 24 heavy (non-hydrogen) atoms. The van der Waals surface area contributed by atoms with Crippen LogP contribution in [0, 0.1) is 0 Å². The first-order valence-corrected chi connectivity index (χ1v) is 8.26. The topological polar surface area (TPSA) is 53.2 Å². The Labute approximate surface area is 140 Å². The van der Waals surface area contributed by atoms with E-state index < -0.39 is 11.7 Å². The molecule has 0 atom stereocenters. The van der Waals surface area contributed by atoms with Gasteiger partial charge in [0.15, 0.2) is 0 Å². The molecule has 0 radical (unpaired) electrons. The lowest BCUT2D eigenvalue weighted by atomic mass is 10.1. The number of carbonyl (C=O) groups is 2. The van der Waals surface area contributed by atoms with E-state index in [0.29, 0.717) is 12.1 Å². The predicted molar refractivity (Wildman–Crippen MR) is 94.4 cm³/mol. The molecule has 1 aliphatic rings. The van der Waals surface area contributed by atoms with Crippen LogP contribution >= 0.6 is 0 Å². The van der Waals surface area contributed by atoms with Gasteiger partial charge in [-0.25, -0.2) is 0 Å². The van der Waals surface area contributed by atoms with Gasteiger partial charge in [-0.05, 0) is 37.0 Å². The maximum absolute atomic E-state index is 12.9. The number of fused-ring (bicyclic) bond motifs is 2. The lowest BCUT2D eigenvalue weighted by Crippen LogP contribution is -2.37. The van der Waals surface area contributed by atoms with Crippen molar-refractivity contribution >= 4 is 28.3 Å². The van der Waals surface area contributed by atoms with E-state index >= 15 is 0 Å². The Morgan fingerprint density at radius 3 is 2.67 bits per heavy atom. The summed E-state index contributed by atoms with van der Waals surface area (Å²) in [5.74, 6) is -0.904. The number of nitrogens with zero attached hydrogens (tertiary/aromatic N) is 1. The fraction of sp³-hybridized carbons (Fsp3) is 0.200. The van der Waals surface area contributed by atoms with E-state index in [1.165, 1.54) is 0 Å². The number of H-pyrrole nitrogens is 1. The minimum atomic E-state index is -0.454. The van der Waals surface area contributed by atoms with E-state index in [-0.39, 0.29) is 0 Å². The molecule has 3 aromatic rings. The van der Waals surface area contributed by atoms with Crippen molar-refractivity contribution in [1.82, 2.24) is 4.98 Å². The summed E-state index contributed by atoms with van der Waals surface area (Å²) in [6.45, 7) is 0.587. The number of hydrogen-bond donors (Lipinski definition) is 1. The molecule has 0 saturated heterocycles. The normalized spacial score (nSPS) is 14.2. The quantitative estimate of drug-likeness (QED) is 0.578. The zero-order chi connectivity index (χ0) is 16.5. The molecular weight excluding hydrogens is 300 g/mol. The molecule has 0 unspecified atom stereocenters. The van der Waals surface area contributed by atoms with Gasteiger partial charge in [0.1, 0.15) is 0 Å². The van der Waals surface area contributed by atoms with Gasteiger partial charge in [0.2, 0.25) is 0 Å². The number of amides is 1. The number of aromatic nitrogens is 1. The van der Waals surface area contributed by atoms with Crippen molar-refractivity contribution in [3.05, 3.63) is 65.9 Å². The average molecular weight is 318 g/mol. The van der Waals surface area contributed by atoms with Crippen molar-refractivity contribution in [1.29, 1.82) is 0 Å². The summed E-state index contributed by atoms with van der Waals surface area (Å²) in [6.07, 6.45) is 4.51. The molecule has 120 valence electrons. The summed E-state index contributed by atoms with van der Waals surface area (Å²) >= 11 is 0. The van der Waals surface area contributed by atoms with Crippen molar-refractivity contribution in [2.24, 2.45) is 0 Å². The highest BCUT2D eigenvalue weighted by atomic mass is 16.2. The molecule has 1 N–H and O–H groups in total. The number of hydrogen-bond acceptors (Lipinski definition) is 2. The van der Waals surface area contributed by atoms with Gasteiger partial charge in [0.05, 0.1) is 5.56 Å². The highest BCUT2D eigenvalue weighted by Gasteiger charge is 2.28. The number of rotatable bonds is 2. The monoisotopic (exact) mass is 318 g/mol. The summed E-state index contributed by atoms with van der Waals surface area (Å²) in [6, 6.07) is 15.4. The summed E-state index contributed by atoms with van der Waals surface area (Å²) in [4.78, 5) is 30.5. The minimum absolute atomic E-state index is 0.442. The summed E-state index contributed by atoms with van der Waals surface area (Å²) in [7, 11) is 0. The fourth-order valence-electron chi connectivity index (χ4n) is 3.40. The van der Waals surface area contributed by atoms with Gasteiger partial charge < -0.3 is 9.88 Å². The van der Waals surface area contributed by atoms with Crippen molar-refractivity contribution in [2.45, 2.75) is 19.3 Å². The van der Waals surface area contributed by atoms with Crippen molar-refractivity contribution < 1.29 is 9.59 Å². The molecule has 4 heteroatoms. The average Bonchev–Trinajstić information content (AvgIpc) is 2.93. The molecule has 1 amide bonds. The minimum Gasteiger partial charge on any atom is -0.360 e. The van der Waals surface area contributed by atoms with Crippen molar-refractivity contribution in [3.8, 4) is 0 Å². The molecular formula is C20H18N2O2. The number of para-hydroxylation sites is 2. The number of ketones is 1. The molecule has 4 rings (SSSR count). The molecule has 0 bridgehead atoms. The second kappa shape index (κ2) is 5.96. The first kappa shape index (κ1) is 14.7. The third-order valence-electron chi connectivity index (χ3n) is 4.63. The van der Waals surface area contributed by atoms with Crippen LogP contribution in [0.1, 0.15) is 28.8 Å². The Morgan fingerprint density at radius 1 is 0.958 bits per heavy atom. The molecule has 2 aromatic carbocycles. The van der Waals surface area contributed by atoms with Crippen molar-refractivity contribution in [3.63, 3.8) is 0 Å². The third-order valence-corrected chi connectivity index (χ3v) is 4.63. The zero-order valence-electron chi connectivity index (χ0n) is 13.3. The van der Waals surface area contributed by atoms with Gasteiger partial charge in [-0.3, -0.25) is 9.59 Å². The van der Waals surface area contributed by atoms with Crippen LogP contribution in [0.4, 0.5) is 5.69 Å². The predicted octanol–water partition coefficient (Wildman–Crippen LogP) is 3.72. The van der Waals surface area contributed by atoms with E-state index in [1.807, 2.05) is 48.5 Å². The molecule has 1 aromatic heterocycles. The Kier molecular flexibility index (Phi) is 3.65. The lowest BCUT2D eigenvalue weighted by molar-refractivity contribution is -0.114. The summed E-state index contributed by atoms with van der Waals surface area (Å²) in [5.41, 5.74) is 3.31. The summed E-state index contributed by atoms with van der Waals surface area (Å²) in [5, 5.41) is 0.791. The molecule has 0 saturated carbocycles. The zero-order valence-corrected chi connectivity index (χ0v) is 13.3. The highest BCUT2D eigenvalue weighted by Crippen LogP contribution is 2.27. The van der Waals surface area contributed by atoms with E-state index in [0.717, 1.165) is 41.4 Å². The largest absolute Gasteiger partial charge is 0.360 e. The number of anilines is 1. The number of nitrogens with one attached hydrogen (secondary N) is 1. The highest BCUT2D eigenvalue weighted by molar-refractivity contribution is 6.49. The van der Waals surface area contributed by atoms with Gasteiger partial charge in [0.25, 0.3) is 11.7 Å². The third kappa shape index (κ3) is 2.40. The number of Topliss-reactive ketones (excluding diaryl/α,β-unsaturated/α-hetero) is 1. The second-order valence-corrected chi connectivity index (χ2v) is 6.12. The Balaban J connectivity index is 1.72. The maximum atomic E-state index is 12.9. The van der Waals surface area contributed by atoms with Gasteiger partial charge in [-0.1, -0.05) is 36.4 Å². The van der Waals surface area contributed by atoms with Crippen LogP contribution in [0.2, 0.25) is 0 Å². The first-order chi connectivity index (χ1) is 11.8. The molecule has 1 aliphatic heterocycles. The van der Waals surface area contributed by atoms with Crippen LogP contribution in [0.15, 0.2) is 54.7 Å². The number of aryl methyl sites for hydroxylation is 1. The van der Waals surface area contributed by atoms with Crippen LogP contribution in [-0.2, 0) is 11.2 Å². The lowest BCUT2D eigenvalue weighted by Gasteiger charge is -2.22. The number of aromatic amines is 1. The van der Waals surface area contributed by atoms with E-state index in [1.54, 1.807) is 11.1 Å². The molecule has 4 nitrogen and oxygen atoms in total. The second-order valence-electron chi connectivity index (χ2n) is 6.12. The van der Waals surface area contributed by atoms with Crippen LogP contribution in [0.3, 0.4) is 0 Å². The van der Waals surface area contributed by atoms with E-state index in [9.17, 15) is 9.59 Å². The maximum Gasteiger partial charge on any atom is 0.299 e. The Bertz CT molecular complexity index is 926. The van der Waals surface area contributed by atoms with E-state index in [4.69, 9.17) is 0 Å². The standard InChI is InChI=1S/C20H18N2O2/c23-19(16-13-21-17-10-3-2-9-15(16)17)20(24)22-12-6-5-8-14-7-1-4-11-18(14)22/h1-4,7,9-11,13,21H,5-6,8,12H2. The SMILES string of the molecule is O=C(C(=O)N1CCCCc2ccccc21)c1c[nH]c2ccccc12. The molecule has 2 heterocycles. The number of carbonyl (C=O) groups excluding carboxylic acids is 2. The van der Waals surface area contributed by atoms with E-state index in [2.05, 4.69) is 4.98 Å². The van der Waals surface area contributed by atoms with Crippen molar-refractivity contribution in [2.75, 3.05) is 11.4 Å². The molecule has 0 spiro atoms. The van der Waals surface area contributed by atoms with Gasteiger partial charge in [-0.15, -0.1) is 0 Å². The smallest absolute Gasteiger partial charge is 0.299 e. The summed E-state index contributed by atoms with van der Waals surface area (Å²) < 4.78 is 0. The Morgan fingerprint density at radius 2 is 1.75 bits per heavy atom. The Hall–Kier alpha value is -2.88. The van der Waals surface area contributed by atoms with Crippen LogP contribution < -0.4 is 4.90 Å². The van der Waals surface area contributed by atoms with Gasteiger partial charge in [0, 0.05) is 29.3 Å².